The van der Waals surface area contributed by atoms with Gasteiger partial charge in [0.2, 0.25) is 0 Å². The molecule has 0 fully saturated rings. The summed E-state index contributed by atoms with van der Waals surface area (Å²) >= 11 is 11.9. The molecule has 122 valence electrons. The first kappa shape index (κ1) is 15.8. The summed E-state index contributed by atoms with van der Waals surface area (Å²) in [6.45, 7) is 0. The van der Waals surface area contributed by atoms with Crippen LogP contribution >= 0.6 is 23.8 Å². The molecule has 2 heterocycles. The number of benzene rings is 2. The van der Waals surface area contributed by atoms with Gasteiger partial charge in [0.15, 0.2) is 0 Å². The topological polar surface area (TPSA) is 40.7 Å². The van der Waals surface area contributed by atoms with Gasteiger partial charge in [-0.3, -0.25) is 4.98 Å². The van der Waals surface area contributed by atoms with E-state index in [0.717, 1.165) is 33.4 Å². The molecule has 2 N–H and O–H groups in total. The maximum absolute atomic E-state index is 6.23. The number of hydrogen-bond acceptors (Lipinski definition) is 2. The van der Waals surface area contributed by atoms with Crippen molar-refractivity contribution >= 4 is 45.4 Å². The Morgan fingerprint density at radius 3 is 2.64 bits per heavy atom. The van der Waals surface area contributed by atoms with Crippen LogP contribution in [0.1, 0.15) is 5.69 Å². The lowest BCUT2D eigenvalue weighted by molar-refractivity contribution is 1.33. The van der Waals surface area contributed by atoms with E-state index in [0.29, 0.717) is 10.0 Å². The van der Waals surface area contributed by atoms with Gasteiger partial charge in [-0.2, -0.15) is 0 Å². The lowest BCUT2D eigenvalue weighted by Crippen LogP contribution is -2.12. The molecule has 0 radical (unpaired) electrons. The molecule has 0 spiro atoms. The second kappa shape index (κ2) is 6.67. The molecule has 4 rings (SSSR count). The SMILES string of the molecule is S=C(Nc1cccnc1)c1[nH]c2ccc(Cl)cc2c1-c1ccccc1. The number of rotatable bonds is 3. The van der Waals surface area contributed by atoms with Crippen LogP contribution in [0.5, 0.6) is 0 Å². The number of aromatic nitrogens is 2. The van der Waals surface area contributed by atoms with E-state index in [9.17, 15) is 0 Å². The zero-order valence-electron chi connectivity index (χ0n) is 13.2. The van der Waals surface area contributed by atoms with E-state index in [-0.39, 0.29) is 0 Å². The Kier molecular flexibility index (Phi) is 4.22. The fourth-order valence-electron chi connectivity index (χ4n) is 2.87. The molecule has 0 saturated heterocycles. The van der Waals surface area contributed by atoms with Gasteiger partial charge in [0.05, 0.1) is 17.6 Å². The van der Waals surface area contributed by atoms with Crippen LogP contribution in [0, 0.1) is 0 Å². The first-order valence-electron chi connectivity index (χ1n) is 7.80. The van der Waals surface area contributed by atoms with E-state index in [1.165, 1.54) is 0 Å². The fourth-order valence-corrected chi connectivity index (χ4v) is 3.31. The molecule has 0 amide bonds. The maximum atomic E-state index is 6.23. The molecule has 0 atom stereocenters. The first-order valence-corrected chi connectivity index (χ1v) is 8.59. The molecular weight excluding hydrogens is 350 g/mol. The van der Waals surface area contributed by atoms with E-state index < -0.39 is 0 Å². The van der Waals surface area contributed by atoms with Gasteiger partial charge in [-0.25, -0.2) is 0 Å². The number of anilines is 1. The zero-order chi connectivity index (χ0) is 17.2. The number of aromatic amines is 1. The van der Waals surface area contributed by atoms with Crippen LogP contribution in [-0.4, -0.2) is 15.0 Å². The summed E-state index contributed by atoms with van der Waals surface area (Å²) in [5, 5.41) is 4.99. The third kappa shape index (κ3) is 3.14. The largest absolute Gasteiger partial charge is 0.352 e. The van der Waals surface area contributed by atoms with Gasteiger partial charge in [0.25, 0.3) is 0 Å². The highest BCUT2D eigenvalue weighted by Crippen LogP contribution is 2.34. The lowest BCUT2D eigenvalue weighted by Gasteiger charge is -2.09. The van der Waals surface area contributed by atoms with E-state index in [1.54, 1.807) is 12.4 Å². The zero-order valence-corrected chi connectivity index (χ0v) is 14.7. The molecule has 3 nitrogen and oxygen atoms in total. The molecular formula is C20H14ClN3S. The Morgan fingerprint density at radius 1 is 1.04 bits per heavy atom. The van der Waals surface area contributed by atoms with Crippen molar-refractivity contribution < 1.29 is 0 Å². The number of H-pyrrole nitrogens is 1. The van der Waals surface area contributed by atoms with Crippen LogP contribution in [0.3, 0.4) is 0 Å². The van der Waals surface area contributed by atoms with Gasteiger partial charge in [-0.1, -0.05) is 54.2 Å². The third-order valence-electron chi connectivity index (χ3n) is 3.97. The monoisotopic (exact) mass is 363 g/mol. The van der Waals surface area contributed by atoms with Crippen LogP contribution in [0.15, 0.2) is 73.1 Å². The Morgan fingerprint density at radius 2 is 1.88 bits per heavy atom. The van der Waals surface area contributed by atoms with Crippen LogP contribution in [0.25, 0.3) is 22.0 Å². The number of halogens is 1. The Labute approximate surface area is 155 Å². The summed E-state index contributed by atoms with van der Waals surface area (Å²) < 4.78 is 0. The number of pyridine rings is 1. The van der Waals surface area contributed by atoms with Crippen LogP contribution in [0.2, 0.25) is 5.02 Å². The van der Waals surface area contributed by atoms with E-state index >= 15 is 0 Å². The van der Waals surface area contributed by atoms with Gasteiger partial charge >= 0.3 is 0 Å². The minimum absolute atomic E-state index is 0.610. The highest BCUT2D eigenvalue weighted by atomic mass is 35.5. The van der Waals surface area contributed by atoms with Crippen LogP contribution in [0.4, 0.5) is 5.69 Å². The van der Waals surface area contributed by atoms with Crippen molar-refractivity contribution in [3.8, 4) is 11.1 Å². The highest BCUT2D eigenvalue weighted by Gasteiger charge is 2.17. The Bertz CT molecular complexity index is 1040. The van der Waals surface area contributed by atoms with Gasteiger partial charge in [0, 0.05) is 27.7 Å². The number of fused-ring (bicyclic) bond motifs is 1. The van der Waals surface area contributed by atoms with E-state index in [2.05, 4.69) is 27.4 Å². The van der Waals surface area contributed by atoms with E-state index in [4.69, 9.17) is 23.8 Å². The maximum Gasteiger partial charge on any atom is 0.128 e. The number of hydrogen-bond donors (Lipinski definition) is 2. The van der Waals surface area contributed by atoms with Gasteiger partial charge in [-0.05, 0) is 35.9 Å². The van der Waals surface area contributed by atoms with Crippen LogP contribution < -0.4 is 5.32 Å². The van der Waals surface area contributed by atoms with Crippen molar-refractivity contribution in [2.24, 2.45) is 0 Å². The predicted molar refractivity (Wildman–Crippen MR) is 108 cm³/mol. The highest BCUT2D eigenvalue weighted by molar-refractivity contribution is 7.81. The normalized spacial score (nSPS) is 10.8. The molecule has 4 aromatic rings. The smallest absolute Gasteiger partial charge is 0.128 e. The average molecular weight is 364 g/mol. The summed E-state index contributed by atoms with van der Waals surface area (Å²) in [7, 11) is 0. The van der Waals surface area contributed by atoms with Gasteiger partial charge in [-0.15, -0.1) is 0 Å². The standard InChI is InChI=1S/C20H14ClN3S/c21-14-8-9-17-16(11-14)18(13-5-2-1-3-6-13)19(24-17)20(25)23-15-7-4-10-22-12-15/h1-12,24H,(H,23,25). The molecule has 0 aliphatic carbocycles. The van der Waals surface area contributed by atoms with Crippen molar-refractivity contribution in [2.45, 2.75) is 0 Å². The molecule has 2 aromatic heterocycles. The van der Waals surface area contributed by atoms with E-state index in [1.807, 2.05) is 48.5 Å². The minimum Gasteiger partial charge on any atom is -0.352 e. The predicted octanol–water partition coefficient (Wildman–Crippen LogP) is 5.67. The van der Waals surface area contributed by atoms with Crippen LogP contribution in [-0.2, 0) is 0 Å². The summed E-state index contributed by atoms with van der Waals surface area (Å²) in [5.41, 5.74) is 4.83. The van der Waals surface area contributed by atoms with Crippen molar-refractivity contribution in [3.05, 3.63) is 83.8 Å². The van der Waals surface area contributed by atoms with Crippen molar-refractivity contribution in [3.63, 3.8) is 0 Å². The third-order valence-corrected chi connectivity index (χ3v) is 4.51. The fraction of sp³-hybridized carbons (Fsp3) is 0. The summed E-state index contributed by atoms with van der Waals surface area (Å²) in [5.74, 6) is 0. The Balaban J connectivity index is 1.87. The second-order valence-electron chi connectivity index (χ2n) is 5.63. The molecule has 0 aliphatic rings. The molecule has 0 aliphatic heterocycles. The second-order valence-corrected chi connectivity index (χ2v) is 6.47. The van der Waals surface area contributed by atoms with Gasteiger partial charge in [0.1, 0.15) is 4.99 Å². The summed E-state index contributed by atoms with van der Waals surface area (Å²) in [6, 6.07) is 19.8. The molecule has 0 saturated carbocycles. The number of nitrogens with zero attached hydrogens (tertiary/aromatic N) is 1. The summed E-state index contributed by atoms with van der Waals surface area (Å²) in [6.07, 6.45) is 3.47. The van der Waals surface area contributed by atoms with Crippen molar-refractivity contribution in [1.29, 1.82) is 0 Å². The first-order chi connectivity index (χ1) is 12.2. The molecule has 5 heteroatoms. The summed E-state index contributed by atoms with van der Waals surface area (Å²) in [4.78, 5) is 8.15. The molecule has 2 aromatic carbocycles. The number of nitrogens with one attached hydrogen (secondary N) is 2. The van der Waals surface area contributed by atoms with Crippen molar-refractivity contribution in [2.75, 3.05) is 5.32 Å². The number of thiocarbonyl (C=S) groups is 1. The van der Waals surface area contributed by atoms with Crippen molar-refractivity contribution in [1.82, 2.24) is 9.97 Å². The minimum atomic E-state index is 0.610. The quantitative estimate of drug-likeness (QED) is 0.461. The van der Waals surface area contributed by atoms with Gasteiger partial charge < -0.3 is 10.3 Å². The lowest BCUT2D eigenvalue weighted by atomic mass is 10.0. The molecule has 0 bridgehead atoms. The molecule has 25 heavy (non-hydrogen) atoms. The molecule has 0 unspecified atom stereocenters. The average Bonchev–Trinajstić information content (AvgIpc) is 3.02. The Hall–Kier alpha value is -2.69.